The Bertz CT molecular complexity index is 212. The maximum absolute atomic E-state index is 3.44. The first-order chi connectivity index (χ1) is 5.73. The van der Waals surface area contributed by atoms with Crippen LogP contribution in [0.5, 0.6) is 0 Å². The van der Waals surface area contributed by atoms with Gasteiger partial charge < -0.3 is 24.8 Å². The van der Waals surface area contributed by atoms with Gasteiger partial charge in [-0.1, -0.05) is 27.2 Å². The van der Waals surface area contributed by atoms with E-state index >= 15 is 0 Å². The molecule has 3 heteroatoms. The Hall–Kier alpha value is 0.943. The molecule has 0 amide bonds. The first kappa shape index (κ1) is 21.3. The number of hydrogen-bond acceptors (Lipinski definition) is 0. The van der Waals surface area contributed by atoms with Crippen LogP contribution in [0.3, 0.4) is 0 Å². The summed E-state index contributed by atoms with van der Waals surface area (Å²) >= 11 is 0. The number of halogens is 2. The molecule has 1 atom stereocenters. The van der Waals surface area contributed by atoms with E-state index in [4.69, 9.17) is 0 Å². The molecule has 1 aliphatic carbocycles. The van der Waals surface area contributed by atoms with Crippen molar-refractivity contribution in [1.82, 2.24) is 0 Å². The van der Waals surface area contributed by atoms with E-state index in [1.807, 2.05) is 0 Å². The molecule has 85 valence electrons. The topological polar surface area (TPSA) is 0 Å². The van der Waals surface area contributed by atoms with Gasteiger partial charge >= 0.3 is 26.2 Å². The van der Waals surface area contributed by atoms with Crippen molar-refractivity contribution in [2.24, 2.45) is 5.41 Å². The van der Waals surface area contributed by atoms with Crippen LogP contribution in [-0.2, 0) is 26.2 Å². The number of hydrogen-bond donors (Lipinski definition) is 0. The summed E-state index contributed by atoms with van der Waals surface area (Å²) in [5.41, 5.74) is 1.83. The average molecular weight is 325 g/mol. The molecule has 0 bridgehead atoms. The molecule has 0 spiro atoms. The van der Waals surface area contributed by atoms with Crippen LogP contribution in [0.15, 0.2) is 17.7 Å². The molecule has 0 aromatic rings. The molecular weight excluding hydrogens is 306 g/mol. The molecule has 1 aliphatic rings. The third-order valence-corrected chi connectivity index (χ3v) is 2.93. The Labute approximate surface area is 126 Å². The van der Waals surface area contributed by atoms with Gasteiger partial charge in [-0.15, -0.1) is 6.42 Å². The van der Waals surface area contributed by atoms with Gasteiger partial charge in [-0.2, -0.15) is 6.08 Å². The van der Waals surface area contributed by atoms with Crippen LogP contribution in [-0.4, -0.2) is 0 Å². The molecule has 1 radical (unpaired) electrons. The van der Waals surface area contributed by atoms with Crippen molar-refractivity contribution in [1.29, 1.82) is 0 Å². The fourth-order valence-electron chi connectivity index (χ4n) is 1.87. The minimum absolute atomic E-state index is 0. The fraction of sp³-hybridized carbons (Fsp3) is 0.667. The van der Waals surface area contributed by atoms with Gasteiger partial charge in [-0.05, 0) is 18.3 Å². The number of rotatable bonds is 4. The van der Waals surface area contributed by atoms with Crippen LogP contribution in [0.25, 0.3) is 0 Å². The van der Waals surface area contributed by atoms with Gasteiger partial charge in [0.25, 0.3) is 0 Å². The Morgan fingerprint density at radius 2 is 1.93 bits per heavy atom. The van der Waals surface area contributed by atoms with E-state index in [0.29, 0.717) is 5.41 Å². The molecule has 15 heavy (non-hydrogen) atoms. The summed E-state index contributed by atoms with van der Waals surface area (Å²) in [4.78, 5) is 0. The molecule has 0 aliphatic heterocycles. The largest absolute Gasteiger partial charge is 3.00 e. The summed E-state index contributed by atoms with van der Waals surface area (Å²) < 4.78 is 0. The summed E-state index contributed by atoms with van der Waals surface area (Å²) in [6.07, 6.45) is 12.7. The molecule has 0 N–H and O–H groups in total. The van der Waals surface area contributed by atoms with Crippen LogP contribution in [0, 0.1) is 11.5 Å². The minimum Gasteiger partial charge on any atom is -1.00 e. The van der Waals surface area contributed by atoms with Crippen molar-refractivity contribution in [3.8, 4) is 0 Å². The molecule has 0 fully saturated rings. The van der Waals surface area contributed by atoms with Gasteiger partial charge in [0, 0.05) is 0 Å². The van der Waals surface area contributed by atoms with Crippen LogP contribution in [0.4, 0.5) is 0 Å². The van der Waals surface area contributed by atoms with E-state index in [-0.39, 0.29) is 51.0 Å². The first-order valence-corrected chi connectivity index (χ1v) is 5.01. The van der Waals surface area contributed by atoms with E-state index in [1.54, 1.807) is 0 Å². The van der Waals surface area contributed by atoms with Crippen LogP contribution < -0.4 is 24.8 Å². The number of allylic oxidation sites excluding steroid dienone is 4. The van der Waals surface area contributed by atoms with E-state index < -0.39 is 0 Å². The summed E-state index contributed by atoms with van der Waals surface area (Å²) in [5.74, 6) is 0. The molecular formula is C12H19Cl2Zr. The standard InChI is InChI=1S/C12H19.2ClH.Zr/c1-4-10-12(3,5-2)11-8-6-7-9-11;;;/h6,8H,4-5,7,10H2,1-3H3;2*1H;/q-1;;;+3/p-2. The third kappa shape index (κ3) is 5.71. The van der Waals surface area contributed by atoms with E-state index in [1.165, 1.54) is 24.8 Å². The van der Waals surface area contributed by atoms with Crippen molar-refractivity contribution in [3.05, 3.63) is 23.8 Å². The van der Waals surface area contributed by atoms with Gasteiger partial charge in [-0.25, -0.2) is 11.6 Å². The third-order valence-electron chi connectivity index (χ3n) is 2.93. The molecule has 0 nitrogen and oxygen atoms in total. The van der Waals surface area contributed by atoms with E-state index in [0.717, 1.165) is 6.42 Å². The fourth-order valence-corrected chi connectivity index (χ4v) is 1.87. The minimum atomic E-state index is 0. The van der Waals surface area contributed by atoms with Crippen molar-refractivity contribution in [2.75, 3.05) is 0 Å². The van der Waals surface area contributed by atoms with Gasteiger partial charge in [-0.3, -0.25) is 6.08 Å². The van der Waals surface area contributed by atoms with Crippen molar-refractivity contribution in [3.63, 3.8) is 0 Å². The second-order valence-corrected chi connectivity index (χ2v) is 3.86. The van der Waals surface area contributed by atoms with Gasteiger partial charge in [0.2, 0.25) is 0 Å². The van der Waals surface area contributed by atoms with Crippen molar-refractivity contribution < 1.29 is 51.0 Å². The smallest absolute Gasteiger partial charge is 1.00 e. The zero-order valence-electron chi connectivity index (χ0n) is 9.74. The molecule has 0 saturated carbocycles. The van der Waals surface area contributed by atoms with Gasteiger partial charge in [0.15, 0.2) is 0 Å². The molecule has 0 aromatic carbocycles. The average Bonchev–Trinajstić information content (AvgIpc) is 2.57. The molecule has 0 heterocycles. The summed E-state index contributed by atoms with van der Waals surface area (Å²) in [6, 6.07) is 0. The van der Waals surface area contributed by atoms with Crippen molar-refractivity contribution in [2.45, 2.75) is 46.5 Å². The Morgan fingerprint density at radius 3 is 2.27 bits per heavy atom. The maximum atomic E-state index is 3.44. The zero-order valence-corrected chi connectivity index (χ0v) is 13.7. The molecule has 1 rings (SSSR count). The van der Waals surface area contributed by atoms with Gasteiger partial charge in [0.05, 0.1) is 0 Å². The Kier molecular flexibility index (Phi) is 14.3. The summed E-state index contributed by atoms with van der Waals surface area (Å²) in [7, 11) is 0. The predicted octanol–water partition coefficient (Wildman–Crippen LogP) is -2.10. The van der Waals surface area contributed by atoms with Crippen LogP contribution >= 0.6 is 0 Å². The van der Waals surface area contributed by atoms with E-state index in [2.05, 4.69) is 39.0 Å². The monoisotopic (exact) mass is 323 g/mol. The maximum Gasteiger partial charge on any atom is 3.00 e. The van der Waals surface area contributed by atoms with Crippen LogP contribution in [0.2, 0.25) is 0 Å². The molecule has 1 unspecified atom stereocenters. The van der Waals surface area contributed by atoms with Gasteiger partial charge in [0.1, 0.15) is 0 Å². The quantitative estimate of drug-likeness (QED) is 0.520. The summed E-state index contributed by atoms with van der Waals surface area (Å²) in [5, 5.41) is 0. The normalized spacial score (nSPS) is 16.6. The second kappa shape index (κ2) is 10.1. The first-order valence-electron chi connectivity index (χ1n) is 5.01. The Balaban J connectivity index is -0.000000480. The molecule has 0 aromatic heterocycles. The molecule has 0 saturated heterocycles. The summed E-state index contributed by atoms with van der Waals surface area (Å²) in [6.45, 7) is 6.89. The second-order valence-electron chi connectivity index (χ2n) is 3.86. The SMILES string of the molecule is CCCC(C)(CC)C1=[C-]CC=C1.[Cl-].[Cl-].[Zr+3]. The van der Waals surface area contributed by atoms with Crippen LogP contribution in [0.1, 0.15) is 46.5 Å². The van der Waals surface area contributed by atoms with E-state index in [9.17, 15) is 0 Å². The Morgan fingerprint density at radius 1 is 1.33 bits per heavy atom. The van der Waals surface area contributed by atoms with Crippen molar-refractivity contribution >= 4 is 0 Å². The zero-order chi connectivity index (χ0) is 9.03. The predicted molar refractivity (Wildman–Crippen MR) is 53.8 cm³/mol.